The number of benzene rings is 1. The van der Waals surface area contributed by atoms with E-state index in [1.165, 1.54) is 6.42 Å². The molecule has 1 aromatic rings. The summed E-state index contributed by atoms with van der Waals surface area (Å²) in [6, 6.07) is 11.9. The number of carbonyl (C=O) groups is 3. The SMILES string of the molecule is CC.CC.CCC.CCCC[C@@H](C(=O)N(C)[C@H](C)COC=O)C1CC1CNC.O=CC(Cl)(Cl)Cl.c1ccccc1. The highest BCUT2D eigenvalue weighted by atomic mass is 35.6. The summed E-state index contributed by atoms with van der Waals surface area (Å²) in [4.78, 5) is 34.2. The Morgan fingerprint density at radius 3 is 1.77 bits per heavy atom. The largest absolute Gasteiger partial charge is 0.466 e. The molecule has 0 radical (unpaired) electrons. The van der Waals surface area contributed by atoms with E-state index in [4.69, 9.17) is 39.5 Å². The van der Waals surface area contributed by atoms with Crippen molar-refractivity contribution in [1.82, 2.24) is 10.2 Å². The van der Waals surface area contributed by atoms with Gasteiger partial charge in [-0.1, -0.05) is 139 Å². The third-order valence-electron chi connectivity index (χ3n) is 5.36. The van der Waals surface area contributed by atoms with Crippen LogP contribution in [0.1, 0.15) is 87.5 Å². The molecule has 0 bridgehead atoms. The van der Waals surface area contributed by atoms with Crippen LogP contribution in [-0.4, -0.2) is 60.6 Å². The number of rotatable bonds is 11. The summed E-state index contributed by atoms with van der Waals surface area (Å²) in [6.07, 6.45) is 5.80. The van der Waals surface area contributed by atoms with Gasteiger partial charge in [-0.3, -0.25) is 14.4 Å². The summed E-state index contributed by atoms with van der Waals surface area (Å²) in [5, 5.41) is 3.21. The van der Waals surface area contributed by atoms with Crippen LogP contribution < -0.4 is 5.32 Å². The first-order valence-electron chi connectivity index (χ1n) is 14.5. The molecule has 1 aromatic carbocycles. The monoisotopic (exact) mass is 626 g/mol. The normalized spacial score (nSPS) is 15.8. The molecule has 1 aliphatic carbocycles. The Balaban J connectivity index is -0.000000276. The first-order chi connectivity index (χ1) is 19.0. The Morgan fingerprint density at radius 2 is 1.45 bits per heavy atom. The lowest BCUT2D eigenvalue weighted by molar-refractivity contribution is -0.141. The molecule has 4 atom stereocenters. The van der Waals surface area contributed by atoms with Gasteiger partial charge in [0.25, 0.3) is 6.47 Å². The lowest BCUT2D eigenvalue weighted by Gasteiger charge is -2.29. The third kappa shape index (κ3) is 28.2. The van der Waals surface area contributed by atoms with Gasteiger partial charge in [-0.2, -0.15) is 0 Å². The minimum Gasteiger partial charge on any atom is -0.466 e. The molecule has 9 heteroatoms. The predicted molar refractivity (Wildman–Crippen MR) is 174 cm³/mol. The fraction of sp³-hybridized carbons (Fsp3) is 0.710. The van der Waals surface area contributed by atoms with Gasteiger partial charge in [-0.25, -0.2) is 0 Å². The van der Waals surface area contributed by atoms with Gasteiger partial charge < -0.3 is 15.0 Å². The van der Waals surface area contributed by atoms with Crippen LogP contribution in [0.25, 0.3) is 0 Å². The average molecular weight is 628 g/mol. The zero-order valence-corrected chi connectivity index (χ0v) is 28.9. The van der Waals surface area contributed by atoms with Crippen LogP contribution in [0.4, 0.5) is 0 Å². The molecule has 0 saturated heterocycles. The van der Waals surface area contributed by atoms with Gasteiger partial charge in [0.2, 0.25) is 9.70 Å². The van der Waals surface area contributed by atoms with Crippen molar-refractivity contribution in [2.45, 2.75) is 97.3 Å². The summed E-state index contributed by atoms with van der Waals surface area (Å²) < 4.78 is 3.06. The van der Waals surface area contributed by atoms with E-state index in [-0.39, 0.29) is 30.8 Å². The maximum atomic E-state index is 12.7. The van der Waals surface area contributed by atoms with Crippen molar-refractivity contribution in [3.63, 3.8) is 0 Å². The standard InChI is InChI=1S/C16H30N2O3.C6H6.C3H8.C2HCl3O.2C2H6/c1-5-6-7-14(15-8-13(15)9-17-3)16(20)18(4)12(2)10-21-11-19;1-2-4-6-5-3-1;1-3-2;3-2(4,5)1-6;2*1-2/h11-15,17H,5-10H2,1-4H3;1-6H;3H2,1-2H3;1H;2*1-2H3/t12-,13?,14-,15?;;;;;/m1...../s1. The molecule has 236 valence electrons. The minimum atomic E-state index is -1.72. The number of nitrogens with one attached hydrogen (secondary N) is 1. The van der Waals surface area contributed by atoms with Gasteiger partial charge in [0.15, 0.2) is 6.29 Å². The Hall–Kier alpha value is -1.34. The number of hydrogen-bond donors (Lipinski definition) is 1. The zero-order chi connectivity index (χ0) is 32.0. The van der Waals surface area contributed by atoms with Gasteiger partial charge in [0.1, 0.15) is 6.61 Å². The highest BCUT2D eigenvalue weighted by Crippen LogP contribution is 2.46. The van der Waals surface area contributed by atoms with Gasteiger partial charge in [0, 0.05) is 13.0 Å². The number of nitrogens with zero attached hydrogens (tertiary/aromatic N) is 1. The highest BCUT2D eigenvalue weighted by Gasteiger charge is 2.45. The summed E-state index contributed by atoms with van der Waals surface area (Å²) in [5.41, 5.74) is 0. The fourth-order valence-electron chi connectivity index (χ4n) is 3.36. The van der Waals surface area contributed by atoms with E-state index in [1.807, 2.05) is 85.1 Å². The van der Waals surface area contributed by atoms with Crippen molar-refractivity contribution in [2.75, 3.05) is 27.2 Å². The van der Waals surface area contributed by atoms with E-state index in [9.17, 15) is 14.4 Å². The molecule has 0 spiro atoms. The number of unbranched alkanes of at least 4 members (excludes halogenated alkanes) is 1. The molecule has 2 rings (SSSR count). The second-order valence-corrected chi connectivity index (χ2v) is 11.1. The molecular weight excluding hydrogens is 571 g/mol. The highest BCUT2D eigenvalue weighted by molar-refractivity contribution is 6.74. The average Bonchev–Trinajstić information content (AvgIpc) is 3.74. The molecule has 6 nitrogen and oxygen atoms in total. The number of hydrogen-bond acceptors (Lipinski definition) is 5. The van der Waals surface area contributed by atoms with Crippen LogP contribution in [0.15, 0.2) is 36.4 Å². The van der Waals surface area contributed by atoms with Crippen molar-refractivity contribution in [3.8, 4) is 0 Å². The summed E-state index contributed by atoms with van der Waals surface area (Å²) >= 11 is 14.6. The molecule has 1 amide bonds. The Labute approximate surface area is 260 Å². The molecule has 1 N–H and O–H groups in total. The fourth-order valence-corrected chi connectivity index (χ4v) is 3.36. The summed E-state index contributed by atoms with van der Waals surface area (Å²) in [7, 11) is 3.78. The first-order valence-corrected chi connectivity index (χ1v) is 15.7. The van der Waals surface area contributed by atoms with Crippen LogP contribution in [0.2, 0.25) is 0 Å². The molecule has 1 aliphatic rings. The van der Waals surface area contributed by atoms with Crippen molar-refractivity contribution in [2.24, 2.45) is 17.8 Å². The van der Waals surface area contributed by atoms with Crippen molar-refractivity contribution in [3.05, 3.63) is 36.4 Å². The van der Waals surface area contributed by atoms with Crippen molar-refractivity contribution < 1.29 is 19.1 Å². The van der Waals surface area contributed by atoms with E-state index < -0.39 is 3.79 Å². The number of likely N-dealkylation sites (N-methyl/N-ethyl adjacent to an activating group) is 1. The quantitative estimate of drug-likeness (QED) is 0.197. The molecule has 0 heterocycles. The molecule has 40 heavy (non-hydrogen) atoms. The number of aldehydes is 1. The maximum absolute atomic E-state index is 12.7. The molecular formula is C31H57Cl3N2O4. The van der Waals surface area contributed by atoms with Gasteiger partial charge in [-0.15, -0.1) is 0 Å². The molecule has 0 aliphatic heterocycles. The number of amides is 1. The number of ether oxygens (including phenoxy) is 1. The first kappa shape index (κ1) is 45.6. The predicted octanol–water partition coefficient (Wildman–Crippen LogP) is 8.38. The van der Waals surface area contributed by atoms with E-state index in [0.717, 1.165) is 32.2 Å². The number of carbonyl (C=O) groups excluding carboxylic acids is 3. The smallest absolute Gasteiger partial charge is 0.293 e. The van der Waals surface area contributed by atoms with Crippen LogP contribution in [-0.2, 0) is 19.1 Å². The van der Waals surface area contributed by atoms with Crippen LogP contribution in [0.3, 0.4) is 0 Å². The van der Waals surface area contributed by atoms with Crippen LogP contribution in [0.5, 0.6) is 0 Å². The molecule has 1 saturated carbocycles. The van der Waals surface area contributed by atoms with Gasteiger partial charge >= 0.3 is 0 Å². The second-order valence-electron chi connectivity index (χ2n) is 8.72. The van der Waals surface area contributed by atoms with Gasteiger partial charge in [0.05, 0.1) is 6.04 Å². The Kier molecular flexibility index (Phi) is 36.7. The lowest BCUT2D eigenvalue weighted by atomic mass is 9.93. The topological polar surface area (TPSA) is 75.7 Å². The van der Waals surface area contributed by atoms with E-state index in [1.54, 1.807) is 4.90 Å². The second kappa shape index (κ2) is 32.2. The minimum absolute atomic E-state index is 0.0756. The summed E-state index contributed by atoms with van der Waals surface area (Å²) in [5.74, 6) is 1.47. The lowest BCUT2D eigenvalue weighted by Crippen LogP contribution is -2.42. The van der Waals surface area contributed by atoms with E-state index in [2.05, 4.69) is 26.1 Å². The molecule has 1 fully saturated rings. The van der Waals surface area contributed by atoms with Crippen molar-refractivity contribution >= 4 is 53.5 Å². The van der Waals surface area contributed by atoms with Gasteiger partial charge in [-0.05, 0) is 45.2 Å². The van der Waals surface area contributed by atoms with E-state index in [0.29, 0.717) is 18.3 Å². The van der Waals surface area contributed by atoms with Crippen LogP contribution >= 0.6 is 34.8 Å². The third-order valence-corrected chi connectivity index (χ3v) is 5.63. The molecule has 2 unspecified atom stereocenters. The number of alkyl halides is 3. The Morgan fingerprint density at radius 1 is 1.02 bits per heavy atom. The van der Waals surface area contributed by atoms with Crippen molar-refractivity contribution in [1.29, 1.82) is 0 Å². The number of halogens is 3. The van der Waals surface area contributed by atoms with E-state index >= 15 is 0 Å². The summed E-state index contributed by atoms with van der Waals surface area (Å²) in [6.45, 7) is 18.0. The zero-order valence-electron chi connectivity index (χ0n) is 26.6. The Bertz CT molecular complexity index is 650. The van der Waals surface area contributed by atoms with Crippen LogP contribution in [0, 0.1) is 17.8 Å². The maximum Gasteiger partial charge on any atom is 0.293 e. The molecule has 0 aromatic heterocycles.